The molecule has 2 N–H and O–H groups in total. The highest BCUT2D eigenvalue weighted by molar-refractivity contribution is 6.00. The van der Waals surface area contributed by atoms with Crippen molar-refractivity contribution in [3.05, 3.63) is 77.5 Å². The molecular formula is C22H22N4O2. The van der Waals surface area contributed by atoms with Crippen molar-refractivity contribution in [2.24, 2.45) is 5.92 Å². The van der Waals surface area contributed by atoms with Crippen molar-refractivity contribution >= 4 is 11.8 Å². The first-order chi connectivity index (χ1) is 13.6. The largest absolute Gasteiger partial charge is 0.273 e. The van der Waals surface area contributed by atoms with Gasteiger partial charge in [0.25, 0.3) is 5.91 Å². The number of benzene rings is 2. The fourth-order valence-electron chi connectivity index (χ4n) is 3.00. The quantitative estimate of drug-likeness (QED) is 0.674. The summed E-state index contributed by atoms with van der Waals surface area (Å²) in [5.74, 6) is -0.483. The van der Waals surface area contributed by atoms with E-state index in [1.54, 1.807) is 10.9 Å². The lowest BCUT2D eigenvalue weighted by Crippen LogP contribution is -2.42. The van der Waals surface area contributed by atoms with Crippen molar-refractivity contribution in [1.29, 1.82) is 0 Å². The molecule has 1 fully saturated rings. The van der Waals surface area contributed by atoms with Crippen LogP contribution in [0, 0.1) is 12.8 Å². The van der Waals surface area contributed by atoms with Gasteiger partial charge in [-0.05, 0) is 25.3 Å². The van der Waals surface area contributed by atoms with Crippen LogP contribution in [0.4, 0.5) is 0 Å². The lowest BCUT2D eigenvalue weighted by Gasteiger charge is -2.07. The van der Waals surface area contributed by atoms with E-state index in [0.717, 1.165) is 29.5 Å². The van der Waals surface area contributed by atoms with Crippen LogP contribution in [-0.4, -0.2) is 21.6 Å². The normalized spacial score (nSPS) is 13.2. The summed E-state index contributed by atoms with van der Waals surface area (Å²) in [5.41, 5.74) is 9.14. The first kappa shape index (κ1) is 18.0. The molecule has 1 saturated carbocycles. The minimum atomic E-state index is -0.371. The molecule has 0 radical (unpaired) electrons. The molecule has 142 valence electrons. The van der Waals surface area contributed by atoms with Crippen LogP contribution >= 0.6 is 0 Å². The average Bonchev–Trinajstić information content (AvgIpc) is 3.48. The van der Waals surface area contributed by atoms with Gasteiger partial charge in [0.1, 0.15) is 5.69 Å². The molecular weight excluding hydrogens is 352 g/mol. The zero-order valence-corrected chi connectivity index (χ0v) is 15.7. The Hall–Kier alpha value is -3.41. The number of nitrogens with zero attached hydrogens (tertiary/aromatic N) is 2. The van der Waals surface area contributed by atoms with Gasteiger partial charge in [-0.25, -0.2) is 0 Å². The van der Waals surface area contributed by atoms with Crippen LogP contribution in [0.5, 0.6) is 0 Å². The number of rotatable bonds is 5. The summed E-state index contributed by atoms with van der Waals surface area (Å²) < 4.78 is 1.75. The standard InChI is InChI=1S/C22H22N4O2/c1-15-7-9-17(10-8-15)20-19(22(28)24-23-21(27)18-11-12-18)14-26(25-20)13-16-5-3-2-4-6-16/h2-10,14,18H,11-13H2,1H3,(H,23,27)(H,24,28). The average molecular weight is 374 g/mol. The molecule has 0 saturated heterocycles. The summed E-state index contributed by atoms with van der Waals surface area (Å²) in [6.45, 7) is 2.57. The molecule has 0 unspecified atom stereocenters. The Morgan fingerprint density at radius 1 is 1.04 bits per heavy atom. The third-order valence-corrected chi connectivity index (χ3v) is 4.77. The Balaban J connectivity index is 1.60. The van der Waals surface area contributed by atoms with E-state index in [0.29, 0.717) is 17.8 Å². The van der Waals surface area contributed by atoms with Crippen LogP contribution < -0.4 is 10.9 Å². The van der Waals surface area contributed by atoms with E-state index in [1.165, 1.54) is 0 Å². The Morgan fingerprint density at radius 3 is 2.43 bits per heavy atom. The van der Waals surface area contributed by atoms with Gasteiger partial charge in [-0.2, -0.15) is 5.10 Å². The third-order valence-electron chi connectivity index (χ3n) is 4.77. The maximum absolute atomic E-state index is 12.7. The molecule has 0 bridgehead atoms. The highest BCUT2D eigenvalue weighted by atomic mass is 16.2. The highest BCUT2D eigenvalue weighted by Gasteiger charge is 2.30. The zero-order chi connectivity index (χ0) is 19.5. The molecule has 2 aromatic carbocycles. The van der Waals surface area contributed by atoms with Gasteiger partial charge in [-0.1, -0.05) is 60.2 Å². The molecule has 3 aromatic rings. The predicted octanol–water partition coefficient (Wildman–Crippen LogP) is 3.08. The molecule has 0 atom stereocenters. The van der Waals surface area contributed by atoms with Gasteiger partial charge < -0.3 is 0 Å². The van der Waals surface area contributed by atoms with Crippen LogP contribution in [0.25, 0.3) is 11.3 Å². The van der Waals surface area contributed by atoms with Crippen molar-refractivity contribution in [3.63, 3.8) is 0 Å². The second-order valence-electron chi connectivity index (χ2n) is 7.16. The first-order valence-electron chi connectivity index (χ1n) is 9.39. The summed E-state index contributed by atoms with van der Waals surface area (Å²) in [5, 5.41) is 4.64. The Kier molecular flexibility index (Phi) is 4.93. The molecule has 6 heteroatoms. The number of aromatic nitrogens is 2. The number of aryl methyl sites for hydroxylation is 1. The summed E-state index contributed by atoms with van der Waals surface area (Å²) in [6.07, 6.45) is 3.48. The molecule has 28 heavy (non-hydrogen) atoms. The van der Waals surface area contributed by atoms with Crippen LogP contribution in [0.1, 0.15) is 34.3 Å². The van der Waals surface area contributed by atoms with Crippen LogP contribution in [0.15, 0.2) is 60.8 Å². The molecule has 0 spiro atoms. The Morgan fingerprint density at radius 2 is 1.75 bits per heavy atom. The number of hydrazine groups is 1. The number of carbonyl (C=O) groups excluding carboxylic acids is 2. The van der Waals surface area contributed by atoms with Crippen molar-refractivity contribution in [2.75, 3.05) is 0 Å². The molecule has 1 aliphatic carbocycles. The second-order valence-corrected chi connectivity index (χ2v) is 7.16. The molecule has 0 aliphatic heterocycles. The molecule has 6 nitrogen and oxygen atoms in total. The van der Waals surface area contributed by atoms with E-state index >= 15 is 0 Å². The minimum Gasteiger partial charge on any atom is -0.273 e. The van der Waals surface area contributed by atoms with Gasteiger partial charge in [-0.15, -0.1) is 0 Å². The van der Waals surface area contributed by atoms with Crippen molar-refractivity contribution < 1.29 is 9.59 Å². The van der Waals surface area contributed by atoms with Gasteiger partial charge in [-0.3, -0.25) is 25.1 Å². The van der Waals surface area contributed by atoms with Crippen molar-refractivity contribution in [3.8, 4) is 11.3 Å². The molecule has 1 aromatic heterocycles. The van der Waals surface area contributed by atoms with E-state index in [-0.39, 0.29) is 17.7 Å². The summed E-state index contributed by atoms with van der Waals surface area (Å²) in [4.78, 5) is 24.6. The second kappa shape index (κ2) is 7.68. The summed E-state index contributed by atoms with van der Waals surface area (Å²) >= 11 is 0. The lowest BCUT2D eigenvalue weighted by atomic mass is 10.1. The van der Waals surface area contributed by atoms with Gasteiger partial charge >= 0.3 is 0 Å². The van der Waals surface area contributed by atoms with E-state index in [1.807, 2.05) is 61.5 Å². The van der Waals surface area contributed by atoms with Crippen LogP contribution in [0.2, 0.25) is 0 Å². The van der Waals surface area contributed by atoms with E-state index in [9.17, 15) is 9.59 Å². The number of nitrogens with one attached hydrogen (secondary N) is 2. The van der Waals surface area contributed by atoms with E-state index < -0.39 is 0 Å². The van der Waals surface area contributed by atoms with E-state index in [2.05, 4.69) is 16.0 Å². The topological polar surface area (TPSA) is 76.0 Å². The maximum atomic E-state index is 12.7. The minimum absolute atomic E-state index is 0.0256. The van der Waals surface area contributed by atoms with E-state index in [4.69, 9.17) is 0 Å². The van der Waals surface area contributed by atoms with Crippen LogP contribution in [0.3, 0.4) is 0 Å². The first-order valence-corrected chi connectivity index (χ1v) is 9.39. The Labute approximate surface area is 163 Å². The predicted molar refractivity (Wildman–Crippen MR) is 106 cm³/mol. The third kappa shape index (κ3) is 4.11. The van der Waals surface area contributed by atoms with Gasteiger partial charge in [0.2, 0.25) is 5.91 Å². The summed E-state index contributed by atoms with van der Waals surface area (Å²) in [6, 6.07) is 17.8. The lowest BCUT2D eigenvalue weighted by molar-refractivity contribution is -0.123. The zero-order valence-electron chi connectivity index (χ0n) is 15.7. The SMILES string of the molecule is Cc1ccc(-c2nn(Cc3ccccc3)cc2C(=O)NNC(=O)C2CC2)cc1. The molecule has 2 amide bonds. The monoisotopic (exact) mass is 374 g/mol. The number of carbonyl (C=O) groups is 2. The molecule has 4 rings (SSSR count). The number of amides is 2. The van der Waals surface area contributed by atoms with Crippen molar-refractivity contribution in [2.45, 2.75) is 26.3 Å². The number of hydrogen-bond acceptors (Lipinski definition) is 3. The van der Waals surface area contributed by atoms with Crippen LogP contribution in [-0.2, 0) is 11.3 Å². The molecule has 1 aliphatic rings. The van der Waals surface area contributed by atoms with Gasteiger partial charge in [0.15, 0.2) is 0 Å². The summed E-state index contributed by atoms with van der Waals surface area (Å²) in [7, 11) is 0. The number of hydrogen-bond donors (Lipinski definition) is 2. The fraction of sp³-hybridized carbons (Fsp3) is 0.227. The van der Waals surface area contributed by atoms with Gasteiger partial charge in [0.05, 0.1) is 12.1 Å². The smallest absolute Gasteiger partial charge is 0.273 e. The van der Waals surface area contributed by atoms with Gasteiger partial charge in [0, 0.05) is 17.7 Å². The van der Waals surface area contributed by atoms with Crippen molar-refractivity contribution in [1.82, 2.24) is 20.6 Å². The Bertz CT molecular complexity index is 989. The fourth-order valence-corrected chi connectivity index (χ4v) is 3.00. The highest BCUT2D eigenvalue weighted by Crippen LogP contribution is 2.28. The maximum Gasteiger partial charge on any atom is 0.273 e. The molecule has 1 heterocycles.